The maximum atomic E-state index is 13.5. The van der Waals surface area contributed by atoms with Crippen LogP contribution in [0.4, 0.5) is 8.78 Å². The predicted molar refractivity (Wildman–Crippen MR) is 54.4 cm³/mol. The first-order valence-electron chi connectivity index (χ1n) is 4.74. The Morgan fingerprint density at radius 3 is 2.88 bits per heavy atom. The van der Waals surface area contributed by atoms with Crippen molar-refractivity contribution in [2.45, 2.75) is 12.3 Å². The lowest BCUT2D eigenvalue weighted by atomic mass is 10.1. The number of rotatable bonds is 3. The van der Waals surface area contributed by atoms with Gasteiger partial charge in [0.15, 0.2) is 5.58 Å². The van der Waals surface area contributed by atoms with E-state index in [4.69, 9.17) is 10.2 Å². The van der Waals surface area contributed by atoms with E-state index in [-0.39, 0.29) is 23.2 Å². The van der Waals surface area contributed by atoms with Gasteiger partial charge in [-0.2, -0.15) is 0 Å². The van der Waals surface area contributed by atoms with Crippen molar-refractivity contribution in [1.82, 2.24) is 4.98 Å². The van der Waals surface area contributed by atoms with Crippen molar-refractivity contribution in [1.29, 1.82) is 0 Å². The van der Waals surface area contributed by atoms with E-state index in [2.05, 4.69) is 4.98 Å². The molecule has 3 N–H and O–H groups in total. The Kier molecular flexibility index (Phi) is 2.51. The second-order valence-electron chi connectivity index (χ2n) is 3.47. The van der Waals surface area contributed by atoms with E-state index in [0.717, 1.165) is 0 Å². The molecular weight excluding hydrogens is 218 g/mol. The van der Waals surface area contributed by atoms with Gasteiger partial charge in [0.1, 0.15) is 0 Å². The number of benzene rings is 1. The monoisotopic (exact) mass is 228 g/mol. The minimum absolute atomic E-state index is 0.104. The Labute approximate surface area is 89.1 Å². The molecule has 4 nitrogen and oxygen atoms in total. The first kappa shape index (κ1) is 10.8. The zero-order valence-electron chi connectivity index (χ0n) is 8.30. The molecular formula is C10H10F2N2O2. The van der Waals surface area contributed by atoms with Gasteiger partial charge in [-0.05, 0) is 24.7 Å². The Bertz CT molecular complexity index is 559. The van der Waals surface area contributed by atoms with E-state index in [0.29, 0.717) is 0 Å². The smallest absolute Gasteiger partial charge is 0.408 e. The van der Waals surface area contributed by atoms with Crippen LogP contribution in [0.3, 0.4) is 0 Å². The number of alkyl halides is 2. The largest absolute Gasteiger partial charge is 0.417 e. The number of fused-ring (bicyclic) bond motifs is 1. The summed E-state index contributed by atoms with van der Waals surface area (Å²) in [6, 6.07) is 3.78. The molecule has 0 unspecified atom stereocenters. The lowest BCUT2D eigenvalue weighted by Crippen LogP contribution is -2.18. The zero-order chi connectivity index (χ0) is 11.8. The van der Waals surface area contributed by atoms with Crippen molar-refractivity contribution in [2.75, 3.05) is 6.54 Å². The molecule has 0 aliphatic heterocycles. The van der Waals surface area contributed by atoms with Gasteiger partial charge in [0.25, 0.3) is 5.92 Å². The molecule has 1 heterocycles. The Morgan fingerprint density at radius 2 is 2.19 bits per heavy atom. The van der Waals surface area contributed by atoms with Crippen molar-refractivity contribution in [3.05, 3.63) is 34.3 Å². The molecule has 0 amide bonds. The summed E-state index contributed by atoms with van der Waals surface area (Å²) in [7, 11) is 0. The average molecular weight is 228 g/mol. The Hall–Kier alpha value is -1.69. The number of aromatic amines is 1. The van der Waals surface area contributed by atoms with Gasteiger partial charge in [0, 0.05) is 12.0 Å². The summed E-state index contributed by atoms with van der Waals surface area (Å²) in [6.07, 6.45) is -0.430. The second kappa shape index (κ2) is 3.71. The topological polar surface area (TPSA) is 72.0 Å². The third kappa shape index (κ3) is 1.83. The van der Waals surface area contributed by atoms with Gasteiger partial charge in [-0.1, -0.05) is 0 Å². The minimum Gasteiger partial charge on any atom is -0.408 e. The third-order valence-electron chi connectivity index (χ3n) is 2.30. The van der Waals surface area contributed by atoms with Crippen LogP contribution in [0.25, 0.3) is 11.1 Å². The van der Waals surface area contributed by atoms with Crippen molar-refractivity contribution >= 4 is 11.1 Å². The predicted octanol–water partition coefficient (Wildman–Crippen LogP) is 1.56. The van der Waals surface area contributed by atoms with Crippen LogP contribution in [0, 0.1) is 0 Å². The minimum atomic E-state index is -2.99. The van der Waals surface area contributed by atoms with Crippen LogP contribution in [0.1, 0.15) is 12.0 Å². The van der Waals surface area contributed by atoms with Gasteiger partial charge in [0.2, 0.25) is 0 Å². The van der Waals surface area contributed by atoms with Gasteiger partial charge in [-0.25, -0.2) is 13.6 Å². The van der Waals surface area contributed by atoms with Crippen molar-refractivity contribution in [3.8, 4) is 0 Å². The maximum absolute atomic E-state index is 13.5. The molecule has 16 heavy (non-hydrogen) atoms. The van der Waals surface area contributed by atoms with E-state index < -0.39 is 18.1 Å². The van der Waals surface area contributed by atoms with Crippen LogP contribution in [-0.2, 0) is 5.92 Å². The van der Waals surface area contributed by atoms with Crippen LogP contribution < -0.4 is 11.5 Å². The van der Waals surface area contributed by atoms with Crippen LogP contribution in [0.2, 0.25) is 0 Å². The van der Waals surface area contributed by atoms with Crippen LogP contribution in [-0.4, -0.2) is 11.5 Å². The number of oxazole rings is 1. The van der Waals surface area contributed by atoms with E-state index in [1.165, 1.54) is 18.2 Å². The van der Waals surface area contributed by atoms with Crippen molar-refractivity contribution < 1.29 is 13.2 Å². The molecule has 0 fully saturated rings. The number of hydrogen-bond acceptors (Lipinski definition) is 3. The molecule has 0 bridgehead atoms. The Balaban J connectivity index is 2.49. The fraction of sp³-hybridized carbons (Fsp3) is 0.300. The highest BCUT2D eigenvalue weighted by molar-refractivity contribution is 5.73. The van der Waals surface area contributed by atoms with Crippen molar-refractivity contribution in [3.63, 3.8) is 0 Å². The van der Waals surface area contributed by atoms with Crippen LogP contribution >= 0.6 is 0 Å². The highest BCUT2D eigenvalue weighted by atomic mass is 19.3. The standard InChI is InChI=1S/C10H10F2N2O2/c11-10(12,3-4-13)6-1-2-8-7(5-6)14-9(15)16-8/h1-2,5H,3-4,13H2,(H,14,15). The van der Waals surface area contributed by atoms with E-state index in [9.17, 15) is 13.6 Å². The third-order valence-corrected chi connectivity index (χ3v) is 2.30. The summed E-state index contributed by atoms with van der Waals surface area (Å²) in [5, 5.41) is 0. The fourth-order valence-electron chi connectivity index (χ4n) is 1.51. The normalized spacial score (nSPS) is 12.2. The molecule has 2 aromatic rings. The molecule has 6 heteroatoms. The molecule has 2 rings (SSSR count). The highest BCUT2D eigenvalue weighted by Crippen LogP contribution is 2.32. The molecule has 0 atom stereocenters. The number of aromatic nitrogens is 1. The zero-order valence-corrected chi connectivity index (χ0v) is 8.30. The van der Waals surface area contributed by atoms with Crippen molar-refractivity contribution in [2.24, 2.45) is 5.73 Å². The molecule has 0 saturated heterocycles. The first-order chi connectivity index (χ1) is 7.53. The summed E-state index contributed by atoms with van der Waals surface area (Å²) < 4.78 is 31.7. The molecule has 1 aromatic heterocycles. The average Bonchev–Trinajstić information content (AvgIpc) is 2.56. The summed E-state index contributed by atoms with van der Waals surface area (Å²) in [5.74, 6) is -3.65. The molecule has 0 saturated carbocycles. The molecule has 86 valence electrons. The SMILES string of the molecule is NCCC(F)(F)c1ccc2oc(=O)[nH]c2c1. The van der Waals surface area contributed by atoms with Gasteiger partial charge < -0.3 is 10.2 Å². The quantitative estimate of drug-likeness (QED) is 0.837. The molecule has 0 aliphatic rings. The second-order valence-corrected chi connectivity index (χ2v) is 3.47. The van der Waals surface area contributed by atoms with E-state index in [1.54, 1.807) is 0 Å². The highest BCUT2D eigenvalue weighted by Gasteiger charge is 2.30. The number of hydrogen-bond donors (Lipinski definition) is 2. The number of nitrogens with one attached hydrogen (secondary N) is 1. The van der Waals surface area contributed by atoms with Gasteiger partial charge in [-0.15, -0.1) is 0 Å². The lowest BCUT2D eigenvalue weighted by molar-refractivity contribution is -0.0106. The first-order valence-corrected chi connectivity index (χ1v) is 4.74. The summed E-state index contributed by atoms with van der Waals surface area (Å²) in [6.45, 7) is -0.104. The van der Waals surface area contributed by atoms with E-state index >= 15 is 0 Å². The van der Waals surface area contributed by atoms with Crippen LogP contribution in [0.15, 0.2) is 27.4 Å². The molecule has 0 aliphatic carbocycles. The van der Waals surface area contributed by atoms with Gasteiger partial charge >= 0.3 is 5.76 Å². The van der Waals surface area contributed by atoms with E-state index in [1.807, 2.05) is 0 Å². The Morgan fingerprint density at radius 1 is 1.44 bits per heavy atom. The lowest BCUT2D eigenvalue weighted by Gasteiger charge is -2.15. The fourth-order valence-corrected chi connectivity index (χ4v) is 1.51. The summed E-state index contributed by atoms with van der Waals surface area (Å²) >= 11 is 0. The summed E-state index contributed by atoms with van der Waals surface area (Å²) in [5.41, 5.74) is 5.46. The number of halogens is 2. The van der Waals surface area contributed by atoms with Gasteiger partial charge in [0.05, 0.1) is 5.52 Å². The van der Waals surface area contributed by atoms with Crippen LogP contribution in [0.5, 0.6) is 0 Å². The molecule has 0 spiro atoms. The molecule has 1 aromatic carbocycles. The van der Waals surface area contributed by atoms with Gasteiger partial charge in [-0.3, -0.25) is 4.98 Å². The molecule has 0 radical (unpaired) electrons. The summed E-state index contributed by atoms with van der Waals surface area (Å²) in [4.78, 5) is 13.2. The number of nitrogens with two attached hydrogens (primary N) is 1. The maximum Gasteiger partial charge on any atom is 0.417 e. The number of H-pyrrole nitrogens is 1.